The summed E-state index contributed by atoms with van der Waals surface area (Å²) in [7, 11) is 1.26. The molecule has 0 radical (unpaired) electrons. The quantitative estimate of drug-likeness (QED) is 0.0134. The molecule has 0 aliphatic rings. The van der Waals surface area contributed by atoms with Gasteiger partial charge in [0.25, 0.3) is 16.7 Å². The number of H-pyrrole nitrogens is 3. The number of imidazole rings is 3. The number of ether oxygens (including phenoxy) is 3. The van der Waals surface area contributed by atoms with Crippen molar-refractivity contribution in [2.45, 2.75) is 59.5 Å². The van der Waals surface area contributed by atoms with Gasteiger partial charge in [-0.15, -0.1) is 0 Å². The van der Waals surface area contributed by atoms with Crippen LogP contribution < -0.4 is 75.1 Å². The Bertz CT molecular complexity index is 6090. The molecule has 122 heavy (non-hydrogen) atoms. The number of nitrogens with zero attached hydrogens (tertiary/aromatic N) is 16. The number of nitrogens with one attached hydrogen (secondary N) is 10. The van der Waals surface area contributed by atoms with Crippen molar-refractivity contribution in [1.82, 2.24) is 114 Å². The number of carbonyl (C=O) groups is 12. The van der Waals surface area contributed by atoms with Gasteiger partial charge in [-0.3, -0.25) is 107 Å². The number of rotatable bonds is 39. The van der Waals surface area contributed by atoms with Crippen LogP contribution in [0.2, 0.25) is 0 Å². The smallest absolute Gasteiger partial charge is 0.414 e. The average molecular weight is 1720 g/mol. The molecule has 0 unspecified atom stereocenters. The molecule has 50 heteroatoms. The Morgan fingerprint density at radius 1 is 0.434 bits per heavy atom. The minimum Gasteiger partial charge on any atom is -0.444 e. The van der Waals surface area contributed by atoms with E-state index in [0.29, 0.717) is 37.4 Å². The topological polar surface area (TPSA) is 620 Å². The molecule has 8 aromatic heterocycles. The predicted molar refractivity (Wildman–Crippen MR) is 429 cm³/mol. The average Bonchev–Trinajstić information content (AvgIpc) is 1.65. The fraction of sp³-hybridized carbons (Fsp3) is 0.292. The Morgan fingerprint density at radius 2 is 0.811 bits per heavy atom. The standard InChI is InChI=1S/C72H75N27O21S2/c1-42-26-95(67(112)88-62(42)109)31-51(105)91(27-47(101)75-19-22-93(30-50(104)77-25-46(73)100)52(106)32-96-39-80-55-58(78-38-79-59(55)96)83-68(113)118-35-43-11-5-2-6-12-43)20-17-74-48(102)28-92(53(107)33-97-40-81-56-60(97)84-65(86-63(56)110)89-69(114)119-36-44-13-7-3-8-14-44)21-18-76-49(103)29-94(23-24-99-71(116)121-122-72(99)117)54(108)34-98-41-82-57-61(98)85-66(87-64(57)111)90-70(115)120-37-45-15-9-4-10-16-45/h2-16,26,38-41H,17-25,27-37H2,1H3,(H2,73,100)(H,74,102)(H,75,101)(H,76,103)(H,77,104)(H,88,109,112)(H,78,79,83,113)(H2,84,86,89,110,114)(H2,85,87,90,111,115). The van der Waals surface area contributed by atoms with Crippen molar-refractivity contribution in [3.63, 3.8) is 0 Å². The number of aryl methyl sites for hydroxylation is 1. The molecule has 636 valence electrons. The summed E-state index contributed by atoms with van der Waals surface area (Å²) in [6, 6.07) is 26.1. The minimum atomic E-state index is -1.03. The summed E-state index contributed by atoms with van der Waals surface area (Å²) < 4.78 is 21.0. The number of aromatic nitrogens is 15. The summed E-state index contributed by atoms with van der Waals surface area (Å²) in [6.07, 6.45) is 2.64. The number of aromatic amines is 3. The van der Waals surface area contributed by atoms with Crippen LogP contribution in [0.15, 0.2) is 151 Å². The number of amides is 12. The Kier molecular flexibility index (Phi) is 29.5. The zero-order valence-electron chi connectivity index (χ0n) is 64.3. The highest BCUT2D eigenvalue weighted by atomic mass is 32.9. The molecular weight excluding hydrogens is 1640 g/mol. The van der Waals surface area contributed by atoms with E-state index in [4.69, 9.17) is 19.9 Å². The van der Waals surface area contributed by atoms with Crippen LogP contribution in [0.3, 0.4) is 0 Å². The van der Waals surface area contributed by atoms with Crippen LogP contribution in [-0.2, 0) is 110 Å². The minimum absolute atomic E-state index is 0.0229. The lowest BCUT2D eigenvalue weighted by Gasteiger charge is -2.26. The molecule has 11 rings (SSSR count). The number of primary amides is 1. The van der Waals surface area contributed by atoms with Gasteiger partial charge in [-0.1, -0.05) is 91.0 Å². The Hall–Kier alpha value is -15.8. The van der Waals surface area contributed by atoms with Crippen LogP contribution in [0, 0.1) is 6.92 Å². The molecule has 8 heterocycles. The van der Waals surface area contributed by atoms with Gasteiger partial charge in [0.05, 0.1) is 51.7 Å². The highest BCUT2D eigenvalue weighted by Gasteiger charge is 2.28. The van der Waals surface area contributed by atoms with Gasteiger partial charge in [-0.2, -0.15) is 9.97 Å². The first-order chi connectivity index (χ1) is 58.7. The van der Waals surface area contributed by atoms with Crippen LogP contribution in [0.25, 0.3) is 33.5 Å². The molecule has 0 spiro atoms. The van der Waals surface area contributed by atoms with Crippen molar-refractivity contribution in [3.8, 4) is 0 Å². The fourth-order valence-electron chi connectivity index (χ4n) is 11.5. The molecule has 0 atom stereocenters. The molecule has 3 aromatic carbocycles. The van der Waals surface area contributed by atoms with Gasteiger partial charge in [0.15, 0.2) is 39.3 Å². The number of fused-ring (bicyclic) bond motifs is 3. The van der Waals surface area contributed by atoms with Gasteiger partial charge in [0.2, 0.25) is 65.1 Å². The maximum Gasteiger partial charge on any atom is 0.414 e. The molecule has 0 bridgehead atoms. The summed E-state index contributed by atoms with van der Waals surface area (Å²) in [6.45, 7) is -9.17. The third-order valence-electron chi connectivity index (χ3n) is 17.6. The second-order valence-electron chi connectivity index (χ2n) is 26.3. The molecule has 0 saturated carbocycles. The molecule has 11 aromatic rings. The van der Waals surface area contributed by atoms with Crippen molar-refractivity contribution >= 4 is 143 Å². The number of hydrogen-bond donors (Lipinski definition) is 11. The monoisotopic (exact) mass is 1720 g/mol. The first-order valence-electron chi connectivity index (χ1n) is 36.6. The number of carbonyl (C=O) groups excluding carboxylic acids is 12. The second-order valence-corrected chi connectivity index (χ2v) is 28.4. The molecule has 0 fully saturated rings. The van der Waals surface area contributed by atoms with Crippen LogP contribution in [0.1, 0.15) is 22.3 Å². The number of hydrogen-bond acceptors (Lipinski definition) is 30. The summed E-state index contributed by atoms with van der Waals surface area (Å²) in [5, 5.41) is 17.1. The van der Waals surface area contributed by atoms with Gasteiger partial charge in [-0.25, -0.2) is 44.1 Å². The predicted octanol–water partition coefficient (Wildman–Crippen LogP) is -3.19. The summed E-state index contributed by atoms with van der Waals surface area (Å²) in [5.41, 5.74) is 2.89. The lowest BCUT2D eigenvalue weighted by Crippen LogP contribution is -2.50. The van der Waals surface area contributed by atoms with Crippen molar-refractivity contribution in [2.75, 3.05) is 94.5 Å². The zero-order chi connectivity index (χ0) is 86.9. The Labute approximate surface area is 690 Å². The maximum atomic E-state index is 14.7. The van der Waals surface area contributed by atoms with E-state index in [2.05, 4.69) is 87.1 Å². The van der Waals surface area contributed by atoms with Gasteiger partial charge >= 0.3 is 33.7 Å². The molecule has 0 aliphatic heterocycles. The van der Waals surface area contributed by atoms with E-state index in [0.717, 1.165) is 63.0 Å². The van der Waals surface area contributed by atoms with Gasteiger partial charge in [0.1, 0.15) is 52.3 Å². The van der Waals surface area contributed by atoms with Crippen LogP contribution >= 0.6 is 20.7 Å². The molecule has 0 aliphatic carbocycles. The van der Waals surface area contributed by atoms with Crippen molar-refractivity contribution in [2.24, 2.45) is 5.73 Å². The van der Waals surface area contributed by atoms with E-state index in [1.165, 1.54) is 17.8 Å². The van der Waals surface area contributed by atoms with Crippen LogP contribution in [0.4, 0.5) is 32.1 Å². The first kappa shape index (κ1) is 87.1. The second kappa shape index (κ2) is 41.4. The highest BCUT2D eigenvalue weighted by molar-refractivity contribution is 7.67. The van der Waals surface area contributed by atoms with Crippen LogP contribution in [-0.4, -0.2) is 242 Å². The third-order valence-corrected chi connectivity index (χ3v) is 19.5. The van der Waals surface area contributed by atoms with Crippen LogP contribution in [0.5, 0.6) is 0 Å². The summed E-state index contributed by atoms with van der Waals surface area (Å²) in [5.74, 6) is -8.83. The molecule has 12 N–H and O–H groups in total. The number of nitrogens with two attached hydrogens (primary N) is 1. The van der Waals surface area contributed by atoms with Gasteiger partial charge < -0.3 is 74.5 Å². The SMILES string of the molecule is Cc1cn(CC(=O)N(CCNC(=O)CN(CCNC(=O)CN(CCn2c(=O)ssc2=O)C(=O)Cn2cnc3c(=O)[nH]c(NC(=O)OCc4ccccc4)nc32)C(=O)Cn2cnc3c(=O)[nH]c(NC(=O)OCc4ccccc4)nc32)CC(=O)NCCN(CC(=O)NCC(N)=O)C(=O)Cn2cnc3c(NC(=O)OCc4ccccc4)ncnc32)c(=O)[nH]c1=O. The zero-order valence-corrected chi connectivity index (χ0v) is 65.9. The maximum absolute atomic E-state index is 14.7. The molecule has 12 amide bonds. The van der Waals surface area contributed by atoms with E-state index in [1.54, 1.807) is 91.0 Å². The number of anilines is 3. The largest absolute Gasteiger partial charge is 0.444 e. The van der Waals surface area contributed by atoms with Crippen molar-refractivity contribution in [1.29, 1.82) is 0 Å². The number of benzene rings is 3. The summed E-state index contributed by atoms with van der Waals surface area (Å²) in [4.78, 5) is 279. The lowest BCUT2D eigenvalue weighted by atomic mass is 10.2. The highest BCUT2D eigenvalue weighted by Crippen LogP contribution is 2.19. The Morgan fingerprint density at radius 3 is 1.23 bits per heavy atom. The van der Waals surface area contributed by atoms with E-state index in [9.17, 15) is 86.3 Å². The molecule has 0 saturated heterocycles. The molecule has 48 nitrogen and oxygen atoms in total. The van der Waals surface area contributed by atoms with E-state index < -0.39 is 221 Å². The fourth-order valence-corrected chi connectivity index (χ4v) is 13.2. The van der Waals surface area contributed by atoms with E-state index in [1.807, 2.05) is 0 Å². The molecular formula is C72H75N27O21S2. The first-order valence-corrected chi connectivity index (χ1v) is 38.8. The van der Waals surface area contributed by atoms with E-state index in [-0.39, 0.29) is 70.6 Å². The van der Waals surface area contributed by atoms with Crippen molar-refractivity contribution < 1.29 is 71.7 Å². The third kappa shape index (κ3) is 24.4. The summed E-state index contributed by atoms with van der Waals surface area (Å²) >= 11 is 0. The van der Waals surface area contributed by atoms with Gasteiger partial charge in [-0.05, 0) is 44.3 Å². The van der Waals surface area contributed by atoms with Gasteiger partial charge in [0, 0.05) is 64.1 Å². The lowest BCUT2D eigenvalue weighted by molar-refractivity contribution is -0.138. The van der Waals surface area contributed by atoms with E-state index >= 15 is 0 Å². The van der Waals surface area contributed by atoms with Crippen molar-refractivity contribution in [3.05, 3.63) is 206 Å². The normalized spacial score (nSPS) is 11.0. The Balaban J connectivity index is 0.778.